The lowest BCUT2D eigenvalue weighted by Gasteiger charge is -2.31. The molecule has 0 spiro atoms. The van der Waals surface area contributed by atoms with Crippen LogP contribution >= 0.6 is 0 Å². The summed E-state index contributed by atoms with van der Waals surface area (Å²) >= 11 is 0. The van der Waals surface area contributed by atoms with Crippen LogP contribution in [-0.2, 0) is 10.2 Å². The second-order valence-electron chi connectivity index (χ2n) is 7.43. The number of aliphatic hydroxyl groups is 1. The fourth-order valence-corrected chi connectivity index (χ4v) is 3.21. The van der Waals surface area contributed by atoms with E-state index in [-0.39, 0.29) is 23.3 Å². The van der Waals surface area contributed by atoms with Gasteiger partial charge in [0.1, 0.15) is 12.1 Å². The molecule has 128 valence electrons. The summed E-state index contributed by atoms with van der Waals surface area (Å²) in [5.74, 6) is 0.340. The van der Waals surface area contributed by atoms with Crippen molar-refractivity contribution in [2.24, 2.45) is 0 Å². The zero-order valence-corrected chi connectivity index (χ0v) is 14.5. The monoisotopic (exact) mass is 329 g/mol. The molecule has 24 heavy (non-hydrogen) atoms. The van der Waals surface area contributed by atoms with Gasteiger partial charge in [-0.25, -0.2) is 4.98 Å². The molecule has 3 rings (SSSR count). The molecule has 1 aromatic carbocycles. The van der Waals surface area contributed by atoms with Crippen LogP contribution in [0.5, 0.6) is 0 Å². The van der Waals surface area contributed by atoms with Crippen LogP contribution in [0.4, 0.5) is 0 Å². The van der Waals surface area contributed by atoms with E-state index in [0.29, 0.717) is 23.1 Å². The van der Waals surface area contributed by atoms with E-state index in [9.17, 15) is 14.7 Å². The number of nitrogens with one attached hydrogen (secondary N) is 1. The summed E-state index contributed by atoms with van der Waals surface area (Å²) in [6.45, 7) is 8.10. The van der Waals surface area contributed by atoms with E-state index >= 15 is 0 Å². The van der Waals surface area contributed by atoms with E-state index in [2.05, 4.69) is 31.1 Å². The van der Waals surface area contributed by atoms with Crippen LogP contribution in [0.25, 0.3) is 10.9 Å². The van der Waals surface area contributed by atoms with E-state index in [4.69, 9.17) is 0 Å². The number of nitrogens with zero attached hydrogens (tertiary/aromatic N) is 2. The minimum absolute atomic E-state index is 0.0253. The highest BCUT2D eigenvalue weighted by atomic mass is 16.3. The van der Waals surface area contributed by atoms with Gasteiger partial charge in [-0.2, -0.15) is 0 Å². The smallest absolute Gasteiger partial charge is 0.261 e. The molecule has 1 aliphatic rings. The fraction of sp³-hybridized carbons (Fsp3) is 0.500. The highest BCUT2D eigenvalue weighted by molar-refractivity contribution is 5.79. The summed E-state index contributed by atoms with van der Waals surface area (Å²) < 4.78 is 1.50. The Labute approximate surface area is 140 Å². The van der Waals surface area contributed by atoms with E-state index in [1.165, 1.54) is 4.57 Å². The summed E-state index contributed by atoms with van der Waals surface area (Å²) in [5, 5.41) is 13.2. The van der Waals surface area contributed by atoms with Gasteiger partial charge in [0.2, 0.25) is 5.91 Å². The second-order valence-corrected chi connectivity index (χ2v) is 7.43. The zero-order valence-electron chi connectivity index (χ0n) is 14.5. The van der Waals surface area contributed by atoms with Crippen molar-refractivity contribution in [1.82, 2.24) is 14.9 Å². The Morgan fingerprint density at radius 2 is 2.00 bits per heavy atom. The van der Waals surface area contributed by atoms with Gasteiger partial charge in [0.05, 0.1) is 16.9 Å². The van der Waals surface area contributed by atoms with Crippen LogP contribution in [-0.4, -0.2) is 26.8 Å². The van der Waals surface area contributed by atoms with E-state index in [1.54, 1.807) is 13.0 Å². The van der Waals surface area contributed by atoms with Crippen molar-refractivity contribution < 1.29 is 9.90 Å². The summed E-state index contributed by atoms with van der Waals surface area (Å²) in [6.07, 6.45) is -0.369. The van der Waals surface area contributed by atoms with Crippen LogP contribution in [0.15, 0.2) is 23.0 Å². The Bertz CT molecular complexity index is 864. The SMILES string of the molecule is Cc1nc2cc(C(C)(C)C)ccc2c(=O)n1C1CCC(=O)NC1O. The van der Waals surface area contributed by atoms with Crippen LogP contribution in [0.2, 0.25) is 0 Å². The van der Waals surface area contributed by atoms with Gasteiger partial charge in [-0.05, 0) is 36.5 Å². The number of amides is 1. The summed E-state index contributed by atoms with van der Waals surface area (Å²) in [7, 11) is 0. The number of aliphatic hydroxyl groups excluding tert-OH is 1. The average Bonchev–Trinajstić information content (AvgIpc) is 2.47. The molecule has 0 bridgehead atoms. The Morgan fingerprint density at radius 1 is 1.29 bits per heavy atom. The molecule has 1 saturated heterocycles. The molecule has 0 aliphatic carbocycles. The molecular weight excluding hydrogens is 306 g/mol. The van der Waals surface area contributed by atoms with Gasteiger partial charge in [0, 0.05) is 6.42 Å². The highest BCUT2D eigenvalue weighted by Crippen LogP contribution is 2.26. The maximum atomic E-state index is 12.9. The first-order valence-corrected chi connectivity index (χ1v) is 8.19. The predicted molar refractivity (Wildman–Crippen MR) is 91.9 cm³/mol. The molecular formula is C18H23N3O3. The second kappa shape index (κ2) is 5.70. The number of hydrogen-bond donors (Lipinski definition) is 2. The lowest BCUT2D eigenvalue weighted by Crippen LogP contribution is -2.48. The number of rotatable bonds is 1. The molecule has 2 unspecified atom stereocenters. The molecule has 1 fully saturated rings. The fourth-order valence-electron chi connectivity index (χ4n) is 3.21. The van der Waals surface area contributed by atoms with Gasteiger partial charge in [-0.15, -0.1) is 0 Å². The van der Waals surface area contributed by atoms with E-state index in [1.807, 2.05) is 12.1 Å². The van der Waals surface area contributed by atoms with Crippen LogP contribution in [0.1, 0.15) is 51.0 Å². The molecule has 2 atom stereocenters. The molecule has 0 radical (unpaired) electrons. The maximum absolute atomic E-state index is 12.9. The molecule has 2 aromatic rings. The third kappa shape index (κ3) is 2.82. The molecule has 0 saturated carbocycles. The standard InChI is InChI=1S/C18H23N3O3/c1-10-19-13-9-11(18(2,3)4)5-6-12(13)17(24)21(10)14-7-8-15(22)20-16(14)23/h5-6,9,14,16,23H,7-8H2,1-4H3,(H,20,22). The number of aryl methyl sites for hydroxylation is 1. The first kappa shape index (κ1) is 16.6. The van der Waals surface area contributed by atoms with E-state index in [0.717, 1.165) is 5.56 Å². The normalized spacial score (nSPS) is 21.8. The molecule has 6 nitrogen and oxygen atoms in total. The molecule has 2 heterocycles. The largest absolute Gasteiger partial charge is 0.372 e. The van der Waals surface area contributed by atoms with Crippen LogP contribution < -0.4 is 10.9 Å². The predicted octanol–water partition coefficient (Wildman–Crippen LogP) is 1.77. The first-order chi connectivity index (χ1) is 11.2. The zero-order chi connectivity index (χ0) is 17.6. The number of fused-ring (bicyclic) bond motifs is 1. The first-order valence-electron chi connectivity index (χ1n) is 8.19. The van der Waals surface area contributed by atoms with Gasteiger partial charge in [-0.1, -0.05) is 26.8 Å². The summed E-state index contributed by atoms with van der Waals surface area (Å²) in [6, 6.07) is 5.21. The summed E-state index contributed by atoms with van der Waals surface area (Å²) in [5.41, 5.74) is 1.57. The van der Waals surface area contributed by atoms with Gasteiger partial charge < -0.3 is 10.4 Å². The van der Waals surface area contributed by atoms with Crippen molar-refractivity contribution in [3.8, 4) is 0 Å². The van der Waals surface area contributed by atoms with E-state index < -0.39 is 12.3 Å². The quantitative estimate of drug-likeness (QED) is 0.835. The number of benzene rings is 1. The maximum Gasteiger partial charge on any atom is 0.261 e. The van der Waals surface area contributed by atoms with Gasteiger partial charge >= 0.3 is 0 Å². The minimum Gasteiger partial charge on any atom is -0.372 e. The molecule has 1 amide bonds. The highest BCUT2D eigenvalue weighted by Gasteiger charge is 2.30. The van der Waals surface area contributed by atoms with Crippen molar-refractivity contribution in [3.63, 3.8) is 0 Å². The van der Waals surface area contributed by atoms with Gasteiger partial charge in [0.25, 0.3) is 5.56 Å². The molecule has 6 heteroatoms. The lowest BCUT2D eigenvalue weighted by atomic mass is 9.86. The Balaban J connectivity index is 2.14. The van der Waals surface area contributed by atoms with Gasteiger partial charge in [-0.3, -0.25) is 14.2 Å². The molecule has 1 aliphatic heterocycles. The van der Waals surface area contributed by atoms with Gasteiger partial charge in [0.15, 0.2) is 0 Å². The van der Waals surface area contributed by atoms with Crippen molar-refractivity contribution in [1.29, 1.82) is 0 Å². The third-order valence-electron chi connectivity index (χ3n) is 4.62. The minimum atomic E-state index is -1.07. The molecule has 1 aromatic heterocycles. The third-order valence-corrected chi connectivity index (χ3v) is 4.62. The Kier molecular flexibility index (Phi) is 3.95. The van der Waals surface area contributed by atoms with Crippen molar-refractivity contribution >= 4 is 16.8 Å². The lowest BCUT2D eigenvalue weighted by molar-refractivity contribution is -0.128. The summed E-state index contributed by atoms with van der Waals surface area (Å²) in [4.78, 5) is 28.9. The number of piperidine rings is 1. The van der Waals surface area contributed by atoms with Crippen molar-refractivity contribution in [3.05, 3.63) is 39.9 Å². The number of carbonyl (C=O) groups excluding carboxylic acids is 1. The number of carbonyl (C=O) groups is 1. The number of hydrogen-bond acceptors (Lipinski definition) is 4. The van der Waals surface area contributed by atoms with Crippen molar-refractivity contribution in [2.45, 2.75) is 58.2 Å². The van der Waals surface area contributed by atoms with Crippen LogP contribution in [0.3, 0.4) is 0 Å². The van der Waals surface area contributed by atoms with Crippen LogP contribution in [0, 0.1) is 6.92 Å². The van der Waals surface area contributed by atoms with Crippen molar-refractivity contribution in [2.75, 3.05) is 0 Å². The Hall–Kier alpha value is -2.21. The topological polar surface area (TPSA) is 84.2 Å². The Morgan fingerprint density at radius 3 is 2.62 bits per heavy atom. The molecule has 2 N–H and O–H groups in total. The average molecular weight is 329 g/mol. The number of aromatic nitrogens is 2.